The summed E-state index contributed by atoms with van der Waals surface area (Å²) in [5.74, 6) is 0.232. The van der Waals surface area contributed by atoms with Crippen molar-refractivity contribution in [1.82, 2.24) is 0 Å². The highest BCUT2D eigenvalue weighted by atomic mass is 19.1. The van der Waals surface area contributed by atoms with Crippen LogP contribution < -0.4 is 9.31 Å². The summed E-state index contributed by atoms with van der Waals surface area (Å²) in [6, 6.07) is 11.0. The van der Waals surface area contributed by atoms with Crippen LogP contribution >= 0.6 is 0 Å². The molecular formula is C12H8BF2O2. The minimum Gasteiger partial charge on any atom is -0.526 e. The summed E-state index contributed by atoms with van der Waals surface area (Å²) in [7, 11) is 1.10. The number of rotatable bonds is 4. The highest BCUT2D eigenvalue weighted by Gasteiger charge is 2.01. The van der Waals surface area contributed by atoms with Crippen LogP contribution in [0.4, 0.5) is 8.78 Å². The maximum Gasteiger partial charge on any atom is 0.658 e. The SMILES string of the molecule is Fc1ccc(O[B]Oc2ccc(F)cc2)cc1. The predicted octanol–water partition coefficient (Wildman–Crippen LogP) is 2.96. The minimum atomic E-state index is -0.336. The smallest absolute Gasteiger partial charge is 0.526 e. The van der Waals surface area contributed by atoms with Gasteiger partial charge in [-0.3, -0.25) is 0 Å². The van der Waals surface area contributed by atoms with Gasteiger partial charge in [-0.2, -0.15) is 0 Å². The number of halogens is 2. The summed E-state index contributed by atoms with van der Waals surface area (Å²) in [5.41, 5.74) is 0. The molecule has 17 heavy (non-hydrogen) atoms. The monoisotopic (exact) mass is 233 g/mol. The maximum atomic E-state index is 12.6. The Morgan fingerprint density at radius 2 is 1.00 bits per heavy atom. The van der Waals surface area contributed by atoms with Crippen LogP contribution in [-0.4, -0.2) is 7.69 Å². The van der Waals surface area contributed by atoms with Gasteiger partial charge in [0.1, 0.15) is 23.1 Å². The minimum absolute atomic E-state index is 0.336. The Bertz CT molecular complexity index is 425. The van der Waals surface area contributed by atoms with Crippen LogP contribution in [0.1, 0.15) is 0 Å². The first-order valence-electron chi connectivity index (χ1n) is 4.90. The van der Waals surface area contributed by atoms with Gasteiger partial charge in [-0.05, 0) is 48.5 Å². The molecule has 0 aromatic heterocycles. The van der Waals surface area contributed by atoms with Crippen molar-refractivity contribution in [2.24, 2.45) is 0 Å². The quantitative estimate of drug-likeness (QED) is 0.755. The Labute approximate surface area is 98.1 Å². The highest BCUT2D eigenvalue weighted by Crippen LogP contribution is 2.13. The summed E-state index contributed by atoms with van der Waals surface area (Å²) < 4.78 is 35.3. The van der Waals surface area contributed by atoms with Crippen molar-refractivity contribution in [3.05, 3.63) is 60.2 Å². The van der Waals surface area contributed by atoms with Gasteiger partial charge in [0.2, 0.25) is 0 Å². The second-order valence-corrected chi connectivity index (χ2v) is 3.24. The molecule has 85 valence electrons. The van der Waals surface area contributed by atoms with Crippen LogP contribution in [0.25, 0.3) is 0 Å². The fraction of sp³-hybridized carbons (Fsp3) is 0. The van der Waals surface area contributed by atoms with E-state index in [0.29, 0.717) is 11.5 Å². The molecule has 0 atom stereocenters. The van der Waals surface area contributed by atoms with Gasteiger partial charge in [0.25, 0.3) is 0 Å². The van der Waals surface area contributed by atoms with E-state index in [-0.39, 0.29) is 11.6 Å². The van der Waals surface area contributed by atoms with Crippen LogP contribution in [0.5, 0.6) is 11.5 Å². The van der Waals surface area contributed by atoms with Gasteiger partial charge in [0.05, 0.1) is 0 Å². The topological polar surface area (TPSA) is 18.5 Å². The molecule has 0 aliphatic heterocycles. The van der Waals surface area contributed by atoms with Gasteiger partial charge in [-0.25, -0.2) is 8.78 Å². The second kappa shape index (κ2) is 5.34. The Kier molecular flexibility index (Phi) is 3.60. The van der Waals surface area contributed by atoms with E-state index in [0.717, 1.165) is 7.69 Å². The third-order valence-electron chi connectivity index (χ3n) is 2.00. The summed E-state index contributed by atoms with van der Waals surface area (Å²) in [5, 5.41) is 0. The van der Waals surface area contributed by atoms with E-state index < -0.39 is 0 Å². The van der Waals surface area contributed by atoms with Gasteiger partial charge >= 0.3 is 7.69 Å². The van der Waals surface area contributed by atoms with E-state index in [9.17, 15) is 8.78 Å². The second-order valence-electron chi connectivity index (χ2n) is 3.24. The molecule has 5 heteroatoms. The lowest BCUT2D eigenvalue weighted by Crippen LogP contribution is -2.10. The van der Waals surface area contributed by atoms with E-state index >= 15 is 0 Å². The summed E-state index contributed by atoms with van der Waals surface area (Å²) in [6.07, 6.45) is 0. The molecule has 0 saturated carbocycles. The van der Waals surface area contributed by atoms with Crippen LogP contribution in [0.15, 0.2) is 48.5 Å². The molecular weight excluding hydrogens is 225 g/mol. The molecule has 2 aromatic carbocycles. The molecule has 0 heterocycles. The van der Waals surface area contributed by atoms with E-state index in [1.165, 1.54) is 48.5 Å². The third-order valence-corrected chi connectivity index (χ3v) is 2.00. The molecule has 2 aromatic rings. The average Bonchev–Trinajstić information content (AvgIpc) is 2.34. The third kappa shape index (κ3) is 3.48. The van der Waals surface area contributed by atoms with E-state index in [2.05, 4.69) is 0 Å². The van der Waals surface area contributed by atoms with E-state index in [1.807, 2.05) is 0 Å². The van der Waals surface area contributed by atoms with Gasteiger partial charge in [-0.15, -0.1) is 0 Å². The van der Waals surface area contributed by atoms with Crippen molar-refractivity contribution in [3.8, 4) is 11.5 Å². The van der Waals surface area contributed by atoms with Crippen LogP contribution in [-0.2, 0) is 0 Å². The maximum absolute atomic E-state index is 12.6. The van der Waals surface area contributed by atoms with Gasteiger partial charge < -0.3 is 9.31 Å². The fourth-order valence-corrected chi connectivity index (χ4v) is 1.16. The van der Waals surface area contributed by atoms with Crippen molar-refractivity contribution >= 4 is 7.69 Å². The van der Waals surface area contributed by atoms with Crippen molar-refractivity contribution in [3.63, 3.8) is 0 Å². The van der Waals surface area contributed by atoms with Crippen LogP contribution in [0.2, 0.25) is 0 Å². The number of hydrogen-bond donors (Lipinski definition) is 0. The molecule has 0 bridgehead atoms. The Balaban J connectivity index is 1.83. The van der Waals surface area contributed by atoms with E-state index in [4.69, 9.17) is 9.31 Å². The van der Waals surface area contributed by atoms with Crippen molar-refractivity contribution < 1.29 is 18.1 Å². The zero-order valence-electron chi connectivity index (χ0n) is 8.77. The lowest BCUT2D eigenvalue weighted by molar-refractivity contribution is 0.457. The molecule has 0 fully saturated rings. The molecule has 0 amide bonds. The summed E-state index contributed by atoms with van der Waals surface area (Å²) in [4.78, 5) is 0. The molecule has 0 N–H and O–H groups in total. The molecule has 0 unspecified atom stereocenters. The first kappa shape index (κ1) is 11.5. The predicted molar refractivity (Wildman–Crippen MR) is 59.8 cm³/mol. The Morgan fingerprint density at radius 1 is 0.647 bits per heavy atom. The zero-order chi connectivity index (χ0) is 12.1. The van der Waals surface area contributed by atoms with Gasteiger partial charge in [-0.1, -0.05) is 0 Å². The van der Waals surface area contributed by atoms with Gasteiger partial charge in [0, 0.05) is 0 Å². The first-order chi connectivity index (χ1) is 8.24. The highest BCUT2D eigenvalue weighted by molar-refractivity contribution is 6.20. The Hall–Kier alpha value is -2.04. The fourth-order valence-electron chi connectivity index (χ4n) is 1.16. The standard InChI is InChI=1S/C12H8BF2O2/c14-9-1-5-11(6-2-9)16-13-17-12-7-3-10(15)4-8-12/h1-8H. The van der Waals surface area contributed by atoms with E-state index in [1.54, 1.807) is 0 Å². The first-order valence-corrected chi connectivity index (χ1v) is 4.90. The molecule has 0 saturated heterocycles. The number of benzene rings is 2. The molecule has 2 rings (SSSR count). The lowest BCUT2D eigenvalue weighted by atomic mass is 10.3. The molecule has 0 aliphatic carbocycles. The zero-order valence-corrected chi connectivity index (χ0v) is 8.77. The van der Waals surface area contributed by atoms with Crippen molar-refractivity contribution in [2.45, 2.75) is 0 Å². The van der Waals surface area contributed by atoms with Crippen LogP contribution in [0, 0.1) is 11.6 Å². The molecule has 0 aliphatic rings. The Morgan fingerprint density at radius 3 is 1.35 bits per heavy atom. The normalized spacial score (nSPS) is 9.76. The molecule has 2 nitrogen and oxygen atoms in total. The largest absolute Gasteiger partial charge is 0.658 e. The summed E-state index contributed by atoms with van der Waals surface area (Å²) >= 11 is 0. The average molecular weight is 233 g/mol. The van der Waals surface area contributed by atoms with Crippen LogP contribution in [0.3, 0.4) is 0 Å². The summed E-state index contributed by atoms with van der Waals surface area (Å²) in [6.45, 7) is 0. The molecule has 1 radical (unpaired) electrons. The molecule has 0 spiro atoms. The van der Waals surface area contributed by atoms with Crippen molar-refractivity contribution in [1.29, 1.82) is 0 Å². The van der Waals surface area contributed by atoms with Gasteiger partial charge in [0.15, 0.2) is 0 Å². The number of hydrogen-bond acceptors (Lipinski definition) is 2. The van der Waals surface area contributed by atoms with Crippen molar-refractivity contribution in [2.75, 3.05) is 0 Å². The lowest BCUT2D eigenvalue weighted by Gasteiger charge is -2.05.